The van der Waals surface area contributed by atoms with Crippen LogP contribution in [0.5, 0.6) is 0 Å². The first-order valence-electron chi connectivity index (χ1n) is 15.2. The van der Waals surface area contributed by atoms with E-state index < -0.39 is 41.4 Å². The maximum atomic E-state index is 13.6. The van der Waals surface area contributed by atoms with Crippen LogP contribution in [0.4, 0.5) is 0 Å². The number of rotatable bonds is 16. The summed E-state index contributed by atoms with van der Waals surface area (Å²) in [5.74, 6) is -3.08. The van der Waals surface area contributed by atoms with Crippen molar-refractivity contribution in [1.82, 2.24) is 26.2 Å². The number of nitrogens with one attached hydrogen (secondary N) is 4. The van der Waals surface area contributed by atoms with E-state index in [-0.39, 0.29) is 68.8 Å². The Balaban J connectivity index is 2.19. The third-order valence-electron chi connectivity index (χ3n) is 7.62. The number of amides is 5. The number of benzene rings is 1. The second kappa shape index (κ2) is 17.3. The zero-order chi connectivity index (χ0) is 32.9. The van der Waals surface area contributed by atoms with Crippen LogP contribution in [0.2, 0.25) is 0 Å². The molecule has 1 aliphatic heterocycles. The van der Waals surface area contributed by atoms with E-state index in [1.54, 1.807) is 0 Å². The molecule has 5 amide bonds. The molecule has 44 heavy (non-hydrogen) atoms. The molecule has 0 aliphatic carbocycles. The Morgan fingerprint density at radius 1 is 0.864 bits per heavy atom. The number of carbonyl (C=O) groups excluding carboxylic acids is 5. The summed E-state index contributed by atoms with van der Waals surface area (Å²) < 4.78 is 0. The van der Waals surface area contributed by atoms with Crippen LogP contribution in [0.3, 0.4) is 0 Å². The number of carbonyl (C=O) groups is 6. The summed E-state index contributed by atoms with van der Waals surface area (Å²) in [6.45, 7) is 7.21. The van der Waals surface area contributed by atoms with Gasteiger partial charge in [0.1, 0.15) is 23.7 Å². The van der Waals surface area contributed by atoms with Crippen LogP contribution < -0.4 is 27.0 Å². The highest BCUT2D eigenvalue weighted by Crippen LogP contribution is 2.21. The van der Waals surface area contributed by atoms with Gasteiger partial charge >= 0.3 is 5.97 Å². The van der Waals surface area contributed by atoms with E-state index in [2.05, 4.69) is 21.3 Å². The largest absolute Gasteiger partial charge is 0.480 e. The van der Waals surface area contributed by atoms with Crippen molar-refractivity contribution in [2.75, 3.05) is 19.6 Å². The van der Waals surface area contributed by atoms with Gasteiger partial charge in [0.2, 0.25) is 29.5 Å². The molecule has 1 fully saturated rings. The minimum atomic E-state index is -1.41. The normalized spacial score (nSPS) is 16.3. The molecule has 13 heteroatoms. The van der Waals surface area contributed by atoms with Crippen molar-refractivity contribution in [3.05, 3.63) is 35.9 Å². The monoisotopic (exact) mass is 616 g/mol. The van der Waals surface area contributed by atoms with Gasteiger partial charge < -0.3 is 37.0 Å². The molecule has 2 rings (SSSR count). The highest BCUT2D eigenvalue weighted by Gasteiger charge is 2.40. The summed E-state index contributed by atoms with van der Waals surface area (Å²) in [5, 5.41) is 20.4. The lowest BCUT2D eigenvalue weighted by atomic mass is 9.88. The quantitative estimate of drug-likeness (QED) is 0.144. The molecule has 0 bridgehead atoms. The van der Waals surface area contributed by atoms with E-state index in [1.165, 1.54) is 18.7 Å². The van der Waals surface area contributed by atoms with E-state index >= 15 is 0 Å². The molecule has 3 atom stereocenters. The van der Waals surface area contributed by atoms with Crippen LogP contribution in [-0.2, 0) is 35.2 Å². The fourth-order valence-corrected chi connectivity index (χ4v) is 5.11. The molecule has 244 valence electrons. The molecule has 13 nitrogen and oxygen atoms in total. The van der Waals surface area contributed by atoms with Crippen molar-refractivity contribution in [2.24, 2.45) is 11.7 Å². The molecule has 1 aromatic rings. The predicted molar refractivity (Wildman–Crippen MR) is 164 cm³/mol. The van der Waals surface area contributed by atoms with E-state index in [4.69, 9.17) is 5.73 Å². The average Bonchev–Trinajstić information content (AvgIpc) is 2.95. The number of carboxylic acid groups (broad SMARTS) is 1. The summed E-state index contributed by atoms with van der Waals surface area (Å²) in [6, 6.07) is 6.37. The van der Waals surface area contributed by atoms with Gasteiger partial charge in [0.05, 0.1) is 0 Å². The Bertz CT molecular complexity index is 1150. The molecule has 0 unspecified atom stereocenters. The van der Waals surface area contributed by atoms with Gasteiger partial charge in [-0.2, -0.15) is 0 Å². The summed E-state index contributed by atoms with van der Waals surface area (Å²) >= 11 is 0. The maximum absolute atomic E-state index is 13.6. The third kappa shape index (κ3) is 11.9. The topological polar surface area (TPSA) is 200 Å². The van der Waals surface area contributed by atoms with Gasteiger partial charge in [0.25, 0.3) is 0 Å². The number of piperidine rings is 1. The maximum Gasteiger partial charge on any atom is 0.323 e. The number of likely N-dealkylation sites (tertiary alicyclic amines) is 1. The van der Waals surface area contributed by atoms with Gasteiger partial charge in [0.15, 0.2) is 0 Å². The lowest BCUT2D eigenvalue weighted by Crippen LogP contribution is -2.60. The summed E-state index contributed by atoms with van der Waals surface area (Å²) in [5.41, 5.74) is 5.41. The van der Waals surface area contributed by atoms with Crippen molar-refractivity contribution < 1.29 is 33.9 Å². The molecule has 0 radical (unpaired) electrons. The zero-order valence-electron chi connectivity index (χ0n) is 26.2. The first-order chi connectivity index (χ1) is 20.7. The lowest BCUT2D eigenvalue weighted by molar-refractivity contribution is -0.148. The van der Waals surface area contributed by atoms with Crippen molar-refractivity contribution in [1.29, 1.82) is 0 Å². The second-order valence-corrected chi connectivity index (χ2v) is 12.0. The van der Waals surface area contributed by atoms with Crippen molar-refractivity contribution in [2.45, 2.75) is 96.3 Å². The van der Waals surface area contributed by atoms with E-state index in [0.29, 0.717) is 19.4 Å². The van der Waals surface area contributed by atoms with Crippen LogP contribution >= 0.6 is 0 Å². The number of hydrogen-bond acceptors (Lipinski definition) is 7. The Labute approximate surface area is 259 Å². The Morgan fingerprint density at radius 2 is 1.45 bits per heavy atom. The molecular weight excluding hydrogens is 568 g/mol. The Morgan fingerprint density at radius 3 is 2.00 bits per heavy atom. The standard InChI is InChI=1S/C31H48N6O7/c1-20(2)18-25(36-28(41)26(34-22(4)39)19-23-10-6-5-7-11-23)27(40)35-24(12-8-9-15-33-21(3)38)29(42)37-16-13-31(32,14-17-37)30(43)44/h5-7,10-11,20,24-26H,8-9,12-19,32H2,1-4H3,(H,33,38)(H,34,39)(H,35,40)(H,36,41)(H,43,44)/t24-,25-,26-/m1/s1. The SMILES string of the molecule is CC(=O)NCCCC[C@@H](NC(=O)[C@@H](CC(C)C)NC(=O)[C@@H](Cc1ccccc1)NC(C)=O)C(=O)N1CCC(N)(C(=O)O)CC1. The number of carboxylic acids is 1. The minimum absolute atomic E-state index is 0.0157. The van der Waals surface area contributed by atoms with E-state index in [0.717, 1.165) is 5.56 Å². The molecule has 1 saturated heterocycles. The first kappa shape index (κ1) is 36.2. The number of hydrogen-bond donors (Lipinski definition) is 6. The van der Waals surface area contributed by atoms with Crippen LogP contribution in [0.25, 0.3) is 0 Å². The van der Waals surface area contributed by atoms with Gasteiger partial charge in [-0.05, 0) is 50.0 Å². The summed E-state index contributed by atoms with van der Waals surface area (Å²) in [4.78, 5) is 76.8. The van der Waals surface area contributed by atoms with Crippen molar-refractivity contribution >= 4 is 35.5 Å². The fraction of sp³-hybridized carbons (Fsp3) is 0.613. The van der Waals surface area contributed by atoms with Crippen LogP contribution in [0.1, 0.15) is 71.8 Å². The van der Waals surface area contributed by atoms with Crippen LogP contribution in [-0.4, -0.2) is 88.8 Å². The van der Waals surface area contributed by atoms with Gasteiger partial charge in [-0.15, -0.1) is 0 Å². The molecular formula is C31H48N6O7. The number of unbranched alkanes of at least 4 members (excludes halogenated alkanes) is 1. The summed E-state index contributed by atoms with van der Waals surface area (Å²) in [6.07, 6.45) is 2.04. The molecule has 0 spiro atoms. The summed E-state index contributed by atoms with van der Waals surface area (Å²) in [7, 11) is 0. The van der Waals surface area contributed by atoms with Crippen molar-refractivity contribution in [3.63, 3.8) is 0 Å². The van der Waals surface area contributed by atoms with Gasteiger partial charge in [-0.25, -0.2) is 0 Å². The van der Waals surface area contributed by atoms with Crippen LogP contribution in [0, 0.1) is 5.92 Å². The first-order valence-corrected chi connectivity index (χ1v) is 15.2. The Kier molecular flexibility index (Phi) is 14.3. The molecule has 1 heterocycles. The van der Waals surface area contributed by atoms with E-state index in [1.807, 2.05) is 44.2 Å². The van der Waals surface area contributed by atoms with Gasteiger partial charge in [0, 0.05) is 39.9 Å². The second-order valence-electron chi connectivity index (χ2n) is 12.0. The molecule has 1 aliphatic rings. The number of aliphatic carboxylic acids is 1. The average molecular weight is 617 g/mol. The molecule has 0 saturated carbocycles. The highest BCUT2D eigenvalue weighted by molar-refractivity contribution is 5.94. The van der Waals surface area contributed by atoms with Crippen LogP contribution in [0.15, 0.2) is 30.3 Å². The smallest absolute Gasteiger partial charge is 0.323 e. The highest BCUT2D eigenvalue weighted by atomic mass is 16.4. The number of nitrogens with zero attached hydrogens (tertiary/aromatic N) is 1. The predicted octanol–water partition coefficient (Wildman–Crippen LogP) is 0.460. The third-order valence-corrected chi connectivity index (χ3v) is 7.62. The van der Waals surface area contributed by atoms with Crippen molar-refractivity contribution in [3.8, 4) is 0 Å². The van der Waals surface area contributed by atoms with Gasteiger partial charge in [-0.3, -0.25) is 28.8 Å². The molecule has 1 aromatic carbocycles. The Hall–Kier alpha value is -4.00. The minimum Gasteiger partial charge on any atom is -0.480 e. The number of nitrogens with two attached hydrogens (primary N) is 1. The zero-order valence-corrected chi connectivity index (χ0v) is 26.2. The molecule has 7 N–H and O–H groups in total. The lowest BCUT2D eigenvalue weighted by Gasteiger charge is -2.38. The van der Waals surface area contributed by atoms with Gasteiger partial charge in [-0.1, -0.05) is 44.2 Å². The van der Waals surface area contributed by atoms with E-state index in [9.17, 15) is 33.9 Å². The molecule has 0 aromatic heterocycles. The fourth-order valence-electron chi connectivity index (χ4n) is 5.11.